The monoisotopic (exact) mass is 377 g/mol. The molecular formula is C19H24FN3O4. The van der Waals surface area contributed by atoms with E-state index in [1.54, 1.807) is 18.2 Å². The van der Waals surface area contributed by atoms with E-state index in [9.17, 15) is 19.1 Å². The van der Waals surface area contributed by atoms with Crippen LogP contribution in [0, 0.1) is 11.7 Å². The zero-order chi connectivity index (χ0) is 19.2. The minimum absolute atomic E-state index is 0.0940. The molecule has 3 rings (SSSR count). The SMILES string of the molecule is O=C(C[C@@H]1C=C[C@@H](NC(=O)Nc2cccc(F)c2)[C@H](CO)O1)NCC1CC1. The Balaban J connectivity index is 1.49. The molecule has 146 valence electrons. The van der Waals surface area contributed by atoms with Crippen molar-refractivity contribution in [1.82, 2.24) is 10.6 Å². The van der Waals surface area contributed by atoms with Crippen LogP contribution < -0.4 is 16.0 Å². The first kappa shape index (κ1) is 19.3. The molecular weight excluding hydrogens is 353 g/mol. The summed E-state index contributed by atoms with van der Waals surface area (Å²) in [5.41, 5.74) is 0.318. The second-order valence-electron chi connectivity index (χ2n) is 6.87. The number of aliphatic hydroxyl groups excluding tert-OH is 1. The number of nitrogens with one attached hydrogen (secondary N) is 3. The van der Waals surface area contributed by atoms with Crippen molar-refractivity contribution in [2.24, 2.45) is 5.92 Å². The zero-order valence-corrected chi connectivity index (χ0v) is 14.9. The third-order valence-electron chi connectivity index (χ3n) is 4.51. The number of anilines is 1. The van der Waals surface area contributed by atoms with Gasteiger partial charge in [0.2, 0.25) is 5.91 Å². The van der Waals surface area contributed by atoms with Crippen molar-refractivity contribution < 1.29 is 23.8 Å². The van der Waals surface area contributed by atoms with Gasteiger partial charge >= 0.3 is 6.03 Å². The Hall–Kier alpha value is -2.45. The van der Waals surface area contributed by atoms with Crippen molar-refractivity contribution in [2.75, 3.05) is 18.5 Å². The molecule has 0 unspecified atom stereocenters. The Labute approximate surface area is 157 Å². The molecule has 3 amide bonds. The van der Waals surface area contributed by atoms with Crippen LogP contribution in [0.3, 0.4) is 0 Å². The number of aliphatic hydroxyl groups is 1. The highest BCUT2D eigenvalue weighted by molar-refractivity contribution is 5.89. The fraction of sp³-hybridized carbons (Fsp3) is 0.474. The fourth-order valence-corrected chi connectivity index (χ4v) is 2.86. The molecule has 1 aliphatic heterocycles. The molecule has 1 aromatic rings. The quantitative estimate of drug-likeness (QED) is 0.542. The molecule has 4 N–H and O–H groups in total. The highest BCUT2D eigenvalue weighted by atomic mass is 19.1. The number of ether oxygens (including phenoxy) is 1. The predicted octanol–water partition coefficient (Wildman–Crippen LogP) is 1.55. The molecule has 7 nitrogen and oxygen atoms in total. The zero-order valence-electron chi connectivity index (χ0n) is 14.9. The van der Waals surface area contributed by atoms with Crippen LogP contribution in [0.1, 0.15) is 19.3 Å². The van der Waals surface area contributed by atoms with E-state index < -0.39 is 30.1 Å². The second-order valence-corrected chi connectivity index (χ2v) is 6.87. The molecule has 0 aromatic heterocycles. The van der Waals surface area contributed by atoms with Crippen molar-refractivity contribution in [2.45, 2.75) is 37.5 Å². The number of hydrogen-bond donors (Lipinski definition) is 4. The first-order valence-corrected chi connectivity index (χ1v) is 9.08. The van der Waals surface area contributed by atoms with Crippen LogP contribution in [0.25, 0.3) is 0 Å². The minimum Gasteiger partial charge on any atom is -0.394 e. The van der Waals surface area contributed by atoms with Crippen molar-refractivity contribution in [3.05, 3.63) is 42.2 Å². The summed E-state index contributed by atoms with van der Waals surface area (Å²) >= 11 is 0. The van der Waals surface area contributed by atoms with Gasteiger partial charge in [0.05, 0.1) is 25.2 Å². The van der Waals surface area contributed by atoms with Crippen LogP contribution in [-0.2, 0) is 9.53 Å². The summed E-state index contributed by atoms with van der Waals surface area (Å²) in [6.07, 6.45) is 4.78. The lowest BCUT2D eigenvalue weighted by atomic mass is 10.0. The third-order valence-corrected chi connectivity index (χ3v) is 4.51. The molecule has 27 heavy (non-hydrogen) atoms. The molecule has 0 spiro atoms. The third kappa shape index (κ3) is 6.04. The molecule has 1 fully saturated rings. The van der Waals surface area contributed by atoms with Crippen LogP contribution >= 0.6 is 0 Å². The van der Waals surface area contributed by atoms with E-state index in [4.69, 9.17) is 4.74 Å². The summed E-state index contributed by atoms with van der Waals surface area (Å²) < 4.78 is 18.9. The maximum Gasteiger partial charge on any atom is 0.319 e. The first-order chi connectivity index (χ1) is 13.0. The fourth-order valence-electron chi connectivity index (χ4n) is 2.86. The number of urea groups is 1. The van der Waals surface area contributed by atoms with E-state index >= 15 is 0 Å². The van der Waals surface area contributed by atoms with E-state index in [1.165, 1.54) is 18.2 Å². The molecule has 1 aromatic carbocycles. The Morgan fingerprint density at radius 2 is 2.07 bits per heavy atom. The summed E-state index contributed by atoms with van der Waals surface area (Å²) in [6, 6.07) is 4.43. The number of carbonyl (C=O) groups excluding carboxylic acids is 2. The predicted molar refractivity (Wildman–Crippen MR) is 97.6 cm³/mol. The number of benzene rings is 1. The molecule has 8 heteroatoms. The molecule has 0 saturated heterocycles. The van der Waals surface area contributed by atoms with Gasteiger partial charge in [-0.25, -0.2) is 9.18 Å². The lowest BCUT2D eigenvalue weighted by molar-refractivity contribution is -0.125. The van der Waals surface area contributed by atoms with E-state index in [-0.39, 0.29) is 18.9 Å². The minimum atomic E-state index is -0.672. The molecule has 1 aliphatic carbocycles. The topological polar surface area (TPSA) is 99.7 Å². The van der Waals surface area contributed by atoms with Gasteiger partial charge in [-0.1, -0.05) is 18.2 Å². The lowest BCUT2D eigenvalue weighted by Crippen LogP contribution is -2.50. The van der Waals surface area contributed by atoms with Gasteiger partial charge in [-0.2, -0.15) is 0 Å². The van der Waals surface area contributed by atoms with Gasteiger partial charge < -0.3 is 25.8 Å². The van der Waals surface area contributed by atoms with Crippen molar-refractivity contribution >= 4 is 17.6 Å². The Morgan fingerprint density at radius 1 is 1.26 bits per heavy atom. The average Bonchev–Trinajstić information content (AvgIpc) is 3.45. The molecule has 1 saturated carbocycles. The number of amides is 3. The normalized spacial score (nSPS) is 24.3. The highest BCUT2D eigenvalue weighted by Gasteiger charge is 2.29. The van der Waals surface area contributed by atoms with Gasteiger partial charge in [0.25, 0.3) is 0 Å². The van der Waals surface area contributed by atoms with Gasteiger partial charge in [-0.05, 0) is 37.0 Å². The maximum absolute atomic E-state index is 13.2. The van der Waals surface area contributed by atoms with Crippen LogP contribution in [0.5, 0.6) is 0 Å². The summed E-state index contributed by atoms with van der Waals surface area (Å²) in [4.78, 5) is 24.0. The van der Waals surface area contributed by atoms with Gasteiger partial charge in [-0.15, -0.1) is 0 Å². The molecule has 0 radical (unpaired) electrons. The first-order valence-electron chi connectivity index (χ1n) is 9.08. The van der Waals surface area contributed by atoms with E-state index in [1.807, 2.05) is 0 Å². The number of carbonyl (C=O) groups is 2. The van der Waals surface area contributed by atoms with Crippen molar-refractivity contribution in [1.29, 1.82) is 0 Å². The molecule has 0 bridgehead atoms. The Bertz CT molecular complexity index is 708. The largest absolute Gasteiger partial charge is 0.394 e. The molecule has 2 aliphatic rings. The number of rotatable bonds is 7. The number of halogens is 1. The Morgan fingerprint density at radius 3 is 2.78 bits per heavy atom. The molecule has 1 heterocycles. The number of hydrogen-bond acceptors (Lipinski definition) is 4. The highest BCUT2D eigenvalue weighted by Crippen LogP contribution is 2.27. The van der Waals surface area contributed by atoms with Crippen molar-refractivity contribution in [3.63, 3.8) is 0 Å². The summed E-state index contributed by atoms with van der Waals surface area (Å²) in [6.45, 7) is 0.387. The summed E-state index contributed by atoms with van der Waals surface area (Å²) in [5, 5.41) is 17.6. The maximum atomic E-state index is 13.2. The smallest absolute Gasteiger partial charge is 0.319 e. The van der Waals surface area contributed by atoms with E-state index in [0.29, 0.717) is 18.2 Å². The van der Waals surface area contributed by atoms with E-state index in [2.05, 4.69) is 16.0 Å². The van der Waals surface area contributed by atoms with Gasteiger partial charge in [0.15, 0.2) is 0 Å². The second kappa shape index (κ2) is 8.96. The van der Waals surface area contributed by atoms with Crippen LogP contribution in [0.4, 0.5) is 14.9 Å². The van der Waals surface area contributed by atoms with Crippen LogP contribution in [0.2, 0.25) is 0 Å². The standard InChI is InChI=1S/C19H24FN3O4/c20-13-2-1-3-14(8-13)22-19(26)23-16-7-6-15(27-17(16)11-24)9-18(25)21-10-12-4-5-12/h1-3,6-8,12,15-17,24H,4-5,9-11H2,(H,21,25)(H2,22,23,26)/t15-,16+,17-/m0/s1. The lowest BCUT2D eigenvalue weighted by Gasteiger charge is -2.31. The van der Waals surface area contributed by atoms with E-state index in [0.717, 1.165) is 12.8 Å². The van der Waals surface area contributed by atoms with Gasteiger partial charge in [0.1, 0.15) is 11.9 Å². The summed E-state index contributed by atoms with van der Waals surface area (Å²) in [5.74, 6) is 0.0559. The Kier molecular flexibility index (Phi) is 6.41. The van der Waals surface area contributed by atoms with Gasteiger partial charge in [-0.3, -0.25) is 4.79 Å². The van der Waals surface area contributed by atoms with Crippen molar-refractivity contribution in [3.8, 4) is 0 Å². The molecule has 3 atom stereocenters. The van der Waals surface area contributed by atoms with Crippen LogP contribution in [0.15, 0.2) is 36.4 Å². The average molecular weight is 377 g/mol. The van der Waals surface area contributed by atoms with Gasteiger partial charge in [0, 0.05) is 12.2 Å². The van der Waals surface area contributed by atoms with Crippen LogP contribution in [-0.4, -0.2) is 48.4 Å². The summed E-state index contributed by atoms with van der Waals surface area (Å²) in [7, 11) is 0.